The first-order chi connectivity index (χ1) is 8.47. The molecule has 0 fully saturated rings. The molecule has 0 aliphatic rings. The maximum atomic E-state index is 4.82. The normalized spacial score (nSPS) is 12.6. The number of aromatic nitrogens is 2. The van der Waals surface area contributed by atoms with Crippen molar-refractivity contribution in [2.75, 3.05) is 6.54 Å². The fraction of sp³-hybridized carbons (Fsp3) is 0.533. The topological polar surface area (TPSA) is 29.9 Å². The predicted octanol–water partition coefficient (Wildman–Crippen LogP) is 3.46. The number of imidazole rings is 1. The number of benzene rings is 1. The van der Waals surface area contributed by atoms with E-state index in [1.165, 1.54) is 5.52 Å². The second-order valence-corrected chi connectivity index (χ2v) is 5.54. The molecule has 3 heteroatoms. The van der Waals surface area contributed by atoms with Crippen LogP contribution in [0.15, 0.2) is 24.3 Å². The summed E-state index contributed by atoms with van der Waals surface area (Å²) in [5.41, 5.74) is 2.18. The first-order valence-corrected chi connectivity index (χ1v) is 6.70. The average Bonchev–Trinajstić information content (AvgIpc) is 2.68. The quantitative estimate of drug-likeness (QED) is 0.894. The van der Waals surface area contributed by atoms with E-state index in [0.717, 1.165) is 17.9 Å². The summed E-state index contributed by atoms with van der Waals surface area (Å²) >= 11 is 0. The summed E-state index contributed by atoms with van der Waals surface area (Å²) in [5, 5.41) is 3.51. The number of para-hydroxylation sites is 2. The molecule has 0 aliphatic carbocycles. The Kier molecular flexibility index (Phi) is 3.44. The highest BCUT2D eigenvalue weighted by atomic mass is 15.2. The van der Waals surface area contributed by atoms with Crippen molar-refractivity contribution in [3.8, 4) is 0 Å². The van der Waals surface area contributed by atoms with E-state index in [4.69, 9.17) is 4.98 Å². The Morgan fingerprint density at radius 1 is 1.28 bits per heavy atom. The molecule has 1 N–H and O–H groups in total. The first-order valence-electron chi connectivity index (χ1n) is 6.70. The van der Waals surface area contributed by atoms with Gasteiger partial charge in [-0.3, -0.25) is 0 Å². The SMILES string of the molecule is CCNC(C)(C)c1nc2ccccc2n1C(C)C. The van der Waals surface area contributed by atoms with Crippen LogP contribution >= 0.6 is 0 Å². The first kappa shape index (κ1) is 13.1. The molecule has 0 radical (unpaired) electrons. The highest BCUT2D eigenvalue weighted by Crippen LogP contribution is 2.27. The van der Waals surface area contributed by atoms with Crippen LogP contribution in [0.1, 0.15) is 46.5 Å². The molecule has 0 spiro atoms. The molecule has 0 saturated heterocycles. The second kappa shape index (κ2) is 4.73. The summed E-state index contributed by atoms with van der Waals surface area (Å²) < 4.78 is 2.33. The van der Waals surface area contributed by atoms with Crippen molar-refractivity contribution in [3.63, 3.8) is 0 Å². The number of fused-ring (bicyclic) bond motifs is 1. The van der Waals surface area contributed by atoms with Gasteiger partial charge in [0.15, 0.2) is 0 Å². The average molecular weight is 245 g/mol. The van der Waals surface area contributed by atoms with Gasteiger partial charge in [-0.2, -0.15) is 0 Å². The number of hydrogen-bond acceptors (Lipinski definition) is 2. The summed E-state index contributed by atoms with van der Waals surface area (Å²) in [5.74, 6) is 1.11. The molecule has 0 bridgehead atoms. The van der Waals surface area contributed by atoms with Crippen LogP contribution in [0, 0.1) is 0 Å². The third-order valence-corrected chi connectivity index (χ3v) is 3.29. The van der Waals surface area contributed by atoms with Crippen molar-refractivity contribution in [1.29, 1.82) is 0 Å². The number of nitrogens with zero attached hydrogens (tertiary/aromatic N) is 2. The molecular weight excluding hydrogens is 222 g/mol. The van der Waals surface area contributed by atoms with Crippen LogP contribution in [0.2, 0.25) is 0 Å². The Bertz CT molecular complexity index is 538. The number of rotatable bonds is 4. The molecular formula is C15H23N3. The van der Waals surface area contributed by atoms with Crippen molar-refractivity contribution in [2.24, 2.45) is 0 Å². The van der Waals surface area contributed by atoms with Gasteiger partial charge in [0.05, 0.1) is 16.6 Å². The third kappa shape index (κ3) is 2.15. The van der Waals surface area contributed by atoms with Crippen LogP contribution in [-0.4, -0.2) is 16.1 Å². The summed E-state index contributed by atoms with van der Waals surface area (Å²) in [4.78, 5) is 4.82. The van der Waals surface area contributed by atoms with E-state index in [0.29, 0.717) is 6.04 Å². The Morgan fingerprint density at radius 3 is 2.56 bits per heavy atom. The van der Waals surface area contributed by atoms with Crippen molar-refractivity contribution in [3.05, 3.63) is 30.1 Å². The van der Waals surface area contributed by atoms with E-state index in [-0.39, 0.29) is 5.54 Å². The lowest BCUT2D eigenvalue weighted by Gasteiger charge is -2.27. The molecule has 0 atom stereocenters. The highest BCUT2D eigenvalue weighted by Gasteiger charge is 2.27. The summed E-state index contributed by atoms with van der Waals surface area (Å²) in [7, 11) is 0. The molecule has 1 aromatic heterocycles. The van der Waals surface area contributed by atoms with Crippen LogP contribution in [0.5, 0.6) is 0 Å². The van der Waals surface area contributed by atoms with Crippen LogP contribution < -0.4 is 5.32 Å². The highest BCUT2D eigenvalue weighted by molar-refractivity contribution is 5.76. The number of nitrogens with one attached hydrogen (secondary N) is 1. The zero-order valence-electron chi connectivity index (χ0n) is 12.0. The fourth-order valence-corrected chi connectivity index (χ4v) is 2.53. The van der Waals surface area contributed by atoms with Crippen molar-refractivity contribution in [2.45, 2.75) is 46.2 Å². The van der Waals surface area contributed by atoms with Gasteiger partial charge in [-0.1, -0.05) is 19.1 Å². The zero-order chi connectivity index (χ0) is 13.3. The molecule has 1 aromatic carbocycles. The van der Waals surface area contributed by atoms with Crippen molar-refractivity contribution < 1.29 is 0 Å². The lowest BCUT2D eigenvalue weighted by Crippen LogP contribution is -2.39. The molecule has 2 rings (SSSR count). The molecule has 2 aromatic rings. The lowest BCUT2D eigenvalue weighted by atomic mass is 10.0. The van der Waals surface area contributed by atoms with E-state index >= 15 is 0 Å². The fourth-order valence-electron chi connectivity index (χ4n) is 2.53. The van der Waals surface area contributed by atoms with Crippen LogP contribution in [-0.2, 0) is 5.54 Å². The molecule has 3 nitrogen and oxygen atoms in total. The molecule has 0 unspecified atom stereocenters. The van der Waals surface area contributed by atoms with Gasteiger partial charge >= 0.3 is 0 Å². The van der Waals surface area contributed by atoms with Gasteiger partial charge in [-0.25, -0.2) is 4.98 Å². The predicted molar refractivity (Wildman–Crippen MR) is 76.8 cm³/mol. The minimum atomic E-state index is -0.113. The maximum Gasteiger partial charge on any atom is 0.129 e. The Morgan fingerprint density at radius 2 is 1.94 bits per heavy atom. The van der Waals surface area contributed by atoms with E-state index in [9.17, 15) is 0 Å². The lowest BCUT2D eigenvalue weighted by molar-refractivity contribution is 0.367. The summed E-state index contributed by atoms with van der Waals surface area (Å²) in [6.07, 6.45) is 0. The molecule has 98 valence electrons. The van der Waals surface area contributed by atoms with Gasteiger partial charge in [-0.15, -0.1) is 0 Å². The van der Waals surface area contributed by atoms with Crippen molar-refractivity contribution >= 4 is 11.0 Å². The molecule has 0 aliphatic heterocycles. The standard InChI is InChI=1S/C15H23N3/c1-6-16-15(4,5)14-17-12-9-7-8-10-13(12)18(14)11(2)3/h7-11,16H,6H2,1-5H3. The monoisotopic (exact) mass is 245 g/mol. The minimum Gasteiger partial charge on any atom is -0.324 e. The van der Waals surface area contributed by atoms with E-state index in [1.54, 1.807) is 0 Å². The zero-order valence-corrected chi connectivity index (χ0v) is 12.0. The summed E-state index contributed by atoms with van der Waals surface area (Å²) in [6.45, 7) is 11.9. The van der Waals surface area contributed by atoms with Gasteiger partial charge in [0.2, 0.25) is 0 Å². The molecule has 0 saturated carbocycles. The van der Waals surface area contributed by atoms with E-state index in [1.807, 2.05) is 6.07 Å². The second-order valence-electron chi connectivity index (χ2n) is 5.54. The number of hydrogen-bond donors (Lipinski definition) is 1. The van der Waals surface area contributed by atoms with Crippen LogP contribution in [0.3, 0.4) is 0 Å². The van der Waals surface area contributed by atoms with E-state index in [2.05, 4.69) is 62.7 Å². The molecule has 1 heterocycles. The maximum absolute atomic E-state index is 4.82. The van der Waals surface area contributed by atoms with Gasteiger partial charge in [-0.05, 0) is 46.4 Å². The van der Waals surface area contributed by atoms with Gasteiger partial charge in [0.1, 0.15) is 5.82 Å². The Balaban J connectivity index is 2.66. The third-order valence-electron chi connectivity index (χ3n) is 3.29. The Labute approximate surface area is 109 Å². The van der Waals surface area contributed by atoms with Gasteiger partial charge < -0.3 is 9.88 Å². The molecule has 18 heavy (non-hydrogen) atoms. The van der Waals surface area contributed by atoms with Gasteiger partial charge in [0.25, 0.3) is 0 Å². The summed E-state index contributed by atoms with van der Waals surface area (Å²) in [6, 6.07) is 8.76. The van der Waals surface area contributed by atoms with Crippen LogP contribution in [0.4, 0.5) is 0 Å². The van der Waals surface area contributed by atoms with E-state index < -0.39 is 0 Å². The smallest absolute Gasteiger partial charge is 0.129 e. The van der Waals surface area contributed by atoms with Crippen LogP contribution in [0.25, 0.3) is 11.0 Å². The molecule has 0 amide bonds. The Hall–Kier alpha value is -1.35. The minimum absolute atomic E-state index is 0.113. The largest absolute Gasteiger partial charge is 0.324 e. The van der Waals surface area contributed by atoms with Gasteiger partial charge in [0, 0.05) is 6.04 Å². The van der Waals surface area contributed by atoms with Crippen molar-refractivity contribution in [1.82, 2.24) is 14.9 Å².